The largest absolute Gasteiger partial charge is 0.355 e. The summed E-state index contributed by atoms with van der Waals surface area (Å²) in [7, 11) is 0. The van der Waals surface area contributed by atoms with Crippen molar-refractivity contribution in [3.63, 3.8) is 0 Å². The van der Waals surface area contributed by atoms with Crippen LogP contribution in [0.2, 0.25) is 5.02 Å². The monoisotopic (exact) mass is 442 g/mol. The Labute approximate surface area is 184 Å². The number of carbonyl (C=O) groups excluding carboxylic acids is 2. The Morgan fingerprint density at radius 3 is 2.63 bits per heavy atom. The van der Waals surface area contributed by atoms with Gasteiger partial charge in [-0.1, -0.05) is 17.7 Å². The number of thiophene rings is 1. The number of rotatable bonds is 7. The molecule has 0 bridgehead atoms. The molecule has 3 heterocycles. The van der Waals surface area contributed by atoms with Gasteiger partial charge in [-0.2, -0.15) is 5.10 Å². The fourth-order valence-electron chi connectivity index (χ4n) is 3.59. The maximum absolute atomic E-state index is 12.3. The Morgan fingerprint density at radius 2 is 1.93 bits per heavy atom. The van der Waals surface area contributed by atoms with E-state index >= 15 is 0 Å². The molecular weight excluding hydrogens is 420 g/mol. The lowest BCUT2D eigenvalue weighted by atomic mass is 10.0. The van der Waals surface area contributed by atoms with Gasteiger partial charge in [0, 0.05) is 48.6 Å². The maximum atomic E-state index is 12.3. The third-order valence-electron chi connectivity index (χ3n) is 5.28. The van der Waals surface area contributed by atoms with Gasteiger partial charge in [0.15, 0.2) is 11.6 Å². The third kappa shape index (κ3) is 5.09. The number of anilines is 1. The van der Waals surface area contributed by atoms with E-state index < -0.39 is 0 Å². The summed E-state index contributed by atoms with van der Waals surface area (Å²) in [5, 5.41) is 13.3. The van der Waals surface area contributed by atoms with Gasteiger partial charge in [-0.3, -0.25) is 14.7 Å². The first-order chi connectivity index (χ1) is 14.6. The summed E-state index contributed by atoms with van der Waals surface area (Å²) in [4.78, 5) is 27.9. The maximum Gasteiger partial charge on any atom is 0.220 e. The topological polar surface area (TPSA) is 78.1 Å². The van der Waals surface area contributed by atoms with Gasteiger partial charge < -0.3 is 10.2 Å². The number of aromatic nitrogens is 2. The van der Waals surface area contributed by atoms with Crippen LogP contribution in [0.5, 0.6) is 0 Å². The van der Waals surface area contributed by atoms with Crippen molar-refractivity contribution in [2.75, 3.05) is 18.0 Å². The lowest BCUT2D eigenvalue weighted by Crippen LogP contribution is -2.44. The molecule has 2 N–H and O–H groups in total. The molecule has 1 aliphatic rings. The van der Waals surface area contributed by atoms with Crippen LogP contribution in [0.25, 0.3) is 10.6 Å². The molecule has 1 aliphatic heterocycles. The minimum atomic E-state index is -0.0736. The van der Waals surface area contributed by atoms with Crippen molar-refractivity contribution in [3.05, 3.63) is 58.4 Å². The molecule has 8 heteroatoms. The van der Waals surface area contributed by atoms with E-state index in [9.17, 15) is 9.59 Å². The summed E-state index contributed by atoms with van der Waals surface area (Å²) in [5.74, 6) is 0.823. The number of nitrogens with one attached hydrogen (secondary N) is 2. The molecule has 0 spiro atoms. The average molecular weight is 443 g/mol. The van der Waals surface area contributed by atoms with E-state index in [1.54, 1.807) is 35.6 Å². The molecule has 1 aromatic carbocycles. The highest BCUT2D eigenvalue weighted by atomic mass is 35.5. The van der Waals surface area contributed by atoms with Gasteiger partial charge in [0.05, 0.1) is 10.6 Å². The van der Waals surface area contributed by atoms with Crippen LogP contribution >= 0.6 is 22.9 Å². The van der Waals surface area contributed by atoms with Gasteiger partial charge in [-0.05, 0) is 48.6 Å². The molecule has 1 fully saturated rings. The summed E-state index contributed by atoms with van der Waals surface area (Å²) >= 11 is 7.52. The number of halogens is 1. The van der Waals surface area contributed by atoms with E-state index in [1.807, 2.05) is 11.4 Å². The van der Waals surface area contributed by atoms with E-state index in [0.29, 0.717) is 10.6 Å². The zero-order valence-electron chi connectivity index (χ0n) is 16.4. The van der Waals surface area contributed by atoms with Crippen LogP contribution in [-0.2, 0) is 4.79 Å². The van der Waals surface area contributed by atoms with Crippen molar-refractivity contribution in [2.45, 2.75) is 31.7 Å². The number of hydrogen-bond acceptors (Lipinski definition) is 5. The first-order valence-electron chi connectivity index (χ1n) is 10.0. The van der Waals surface area contributed by atoms with Crippen LogP contribution in [0, 0.1) is 0 Å². The second-order valence-electron chi connectivity index (χ2n) is 7.38. The van der Waals surface area contributed by atoms with Crippen LogP contribution in [0.3, 0.4) is 0 Å². The van der Waals surface area contributed by atoms with Crippen LogP contribution < -0.4 is 10.2 Å². The fraction of sp³-hybridized carbons (Fsp3) is 0.318. The molecule has 156 valence electrons. The van der Waals surface area contributed by atoms with E-state index in [-0.39, 0.29) is 30.6 Å². The summed E-state index contributed by atoms with van der Waals surface area (Å²) in [5.41, 5.74) is 1.61. The lowest BCUT2D eigenvalue weighted by molar-refractivity contribution is -0.121. The number of piperidine rings is 1. The van der Waals surface area contributed by atoms with Gasteiger partial charge in [-0.25, -0.2) is 0 Å². The zero-order valence-corrected chi connectivity index (χ0v) is 18.0. The van der Waals surface area contributed by atoms with Gasteiger partial charge in [0.1, 0.15) is 0 Å². The first-order valence-corrected chi connectivity index (χ1v) is 11.3. The zero-order chi connectivity index (χ0) is 20.9. The second-order valence-corrected chi connectivity index (χ2v) is 8.76. The highest BCUT2D eigenvalue weighted by Gasteiger charge is 2.22. The van der Waals surface area contributed by atoms with E-state index in [1.165, 1.54) is 4.88 Å². The first kappa shape index (κ1) is 20.6. The Kier molecular flexibility index (Phi) is 6.50. The van der Waals surface area contributed by atoms with Gasteiger partial charge in [0.25, 0.3) is 0 Å². The molecule has 0 radical (unpaired) electrons. The molecule has 3 aromatic rings. The number of H-pyrrole nitrogens is 1. The number of hydrogen-bond donors (Lipinski definition) is 2. The highest BCUT2D eigenvalue weighted by Crippen LogP contribution is 2.27. The Bertz CT molecular complexity index is 993. The van der Waals surface area contributed by atoms with Gasteiger partial charge in [0.2, 0.25) is 5.91 Å². The molecule has 0 atom stereocenters. The molecule has 4 rings (SSSR count). The van der Waals surface area contributed by atoms with Crippen molar-refractivity contribution < 1.29 is 9.59 Å². The minimum Gasteiger partial charge on any atom is -0.355 e. The molecule has 30 heavy (non-hydrogen) atoms. The number of benzene rings is 1. The molecule has 0 saturated carbocycles. The molecule has 1 saturated heterocycles. The van der Waals surface area contributed by atoms with E-state index in [2.05, 4.69) is 32.5 Å². The van der Waals surface area contributed by atoms with Crippen molar-refractivity contribution in [1.82, 2.24) is 15.5 Å². The number of carbonyl (C=O) groups is 2. The lowest BCUT2D eigenvalue weighted by Gasteiger charge is -2.32. The van der Waals surface area contributed by atoms with Gasteiger partial charge in [-0.15, -0.1) is 11.3 Å². The third-order valence-corrected chi connectivity index (χ3v) is 6.44. The van der Waals surface area contributed by atoms with Crippen molar-refractivity contribution in [2.24, 2.45) is 0 Å². The smallest absolute Gasteiger partial charge is 0.220 e. The summed E-state index contributed by atoms with van der Waals surface area (Å²) in [6, 6.07) is 13.1. The quantitative estimate of drug-likeness (QED) is 0.526. The Balaban J connectivity index is 1.21. The van der Waals surface area contributed by atoms with Gasteiger partial charge >= 0.3 is 0 Å². The molecule has 2 aromatic heterocycles. The van der Waals surface area contributed by atoms with E-state index in [0.717, 1.165) is 37.4 Å². The minimum absolute atomic E-state index is 0.0447. The van der Waals surface area contributed by atoms with E-state index in [4.69, 9.17) is 11.6 Å². The average Bonchev–Trinajstić information content (AvgIpc) is 3.45. The predicted molar refractivity (Wildman–Crippen MR) is 120 cm³/mol. The van der Waals surface area contributed by atoms with Crippen LogP contribution in [0.15, 0.2) is 47.8 Å². The normalized spacial score (nSPS) is 14.6. The molecule has 1 amide bonds. The molecular formula is C22H23ClN4O2S. The number of ketones is 1. The number of aromatic amines is 1. The Hall–Kier alpha value is -2.64. The van der Waals surface area contributed by atoms with Crippen molar-refractivity contribution in [3.8, 4) is 10.6 Å². The molecule has 6 nitrogen and oxygen atoms in total. The molecule has 0 unspecified atom stereocenters. The number of nitrogens with zero attached hydrogens (tertiary/aromatic N) is 2. The SMILES string of the molecule is O=C(CCC(=O)c1ccc(Cl)cc1)NC1CCN(c2cc(-c3cccs3)[nH]n2)CC1. The fourth-order valence-corrected chi connectivity index (χ4v) is 4.41. The predicted octanol–water partition coefficient (Wildman–Crippen LogP) is 4.54. The molecule has 0 aliphatic carbocycles. The standard InChI is InChI=1S/C22H23ClN4O2S/c23-16-5-3-15(4-6-16)19(28)7-8-22(29)24-17-9-11-27(12-10-17)21-14-18(25-26-21)20-2-1-13-30-20/h1-6,13-14,17H,7-12H2,(H,24,29)(H,25,26). The van der Waals surface area contributed by atoms with Crippen LogP contribution in [-0.4, -0.2) is 41.0 Å². The van der Waals surface area contributed by atoms with Crippen molar-refractivity contribution >= 4 is 40.4 Å². The van der Waals surface area contributed by atoms with Crippen LogP contribution in [0.1, 0.15) is 36.0 Å². The summed E-state index contributed by atoms with van der Waals surface area (Å²) in [6.07, 6.45) is 2.12. The summed E-state index contributed by atoms with van der Waals surface area (Å²) in [6.45, 7) is 1.67. The summed E-state index contributed by atoms with van der Waals surface area (Å²) < 4.78 is 0. The van der Waals surface area contributed by atoms with Crippen LogP contribution in [0.4, 0.5) is 5.82 Å². The second kappa shape index (κ2) is 9.45. The van der Waals surface area contributed by atoms with Crippen molar-refractivity contribution in [1.29, 1.82) is 0 Å². The number of Topliss-reactive ketones (excluding diaryl/α,β-unsaturated/α-hetero) is 1. The Morgan fingerprint density at radius 1 is 1.17 bits per heavy atom. The highest BCUT2D eigenvalue weighted by molar-refractivity contribution is 7.13. The number of amides is 1.